The summed E-state index contributed by atoms with van der Waals surface area (Å²) < 4.78 is 28.7. The van der Waals surface area contributed by atoms with Gasteiger partial charge in [0.25, 0.3) is 5.91 Å². The van der Waals surface area contributed by atoms with Crippen molar-refractivity contribution in [3.05, 3.63) is 22.6 Å². The summed E-state index contributed by atoms with van der Waals surface area (Å²) in [5.74, 6) is 0.0686. The molecule has 0 aliphatic carbocycles. The highest BCUT2D eigenvalue weighted by Crippen LogP contribution is 2.24. The number of carbonyl (C=O) groups is 1. The Morgan fingerprint density at radius 1 is 1.55 bits per heavy atom. The van der Waals surface area contributed by atoms with Crippen molar-refractivity contribution in [2.24, 2.45) is 0 Å². The maximum Gasteiger partial charge on any atom is 0.258 e. The standard InChI is InChI=1S/C13H18BrNO4S/c1-2-3-6-15(10-5-8-20(17,18)9-10)13(16)11-4-7-19-12(11)14/h4,7,10H,2-3,5-6,8-9H2,1H3. The summed E-state index contributed by atoms with van der Waals surface area (Å²) in [5.41, 5.74) is 0.449. The van der Waals surface area contributed by atoms with E-state index >= 15 is 0 Å². The van der Waals surface area contributed by atoms with Gasteiger partial charge in [0.05, 0.1) is 23.3 Å². The highest BCUT2D eigenvalue weighted by atomic mass is 79.9. The number of amides is 1. The van der Waals surface area contributed by atoms with E-state index in [-0.39, 0.29) is 23.5 Å². The van der Waals surface area contributed by atoms with Crippen LogP contribution in [0.4, 0.5) is 0 Å². The second kappa shape index (κ2) is 6.30. The molecule has 0 spiro atoms. The van der Waals surface area contributed by atoms with Gasteiger partial charge in [0.15, 0.2) is 14.5 Å². The molecular weight excluding hydrogens is 346 g/mol. The number of carbonyl (C=O) groups excluding carboxylic acids is 1. The molecule has 0 aromatic carbocycles. The van der Waals surface area contributed by atoms with Crippen LogP contribution < -0.4 is 0 Å². The number of hydrogen-bond donors (Lipinski definition) is 0. The summed E-state index contributed by atoms with van der Waals surface area (Å²) in [5, 5.41) is 0. The van der Waals surface area contributed by atoms with E-state index in [2.05, 4.69) is 15.9 Å². The van der Waals surface area contributed by atoms with Crippen LogP contribution in [-0.4, -0.2) is 43.3 Å². The normalized spacial score (nSPS) is 21.0. The molecule has 1 saturated heterocycles. The molecular formula is C13H18BrNO4S. The van der Waals surface area contributed by atoms with Gasteiger partial charge in [-0.1, -0.05) is 13.3 Å². The summed E-state index contributed by atoms with van der Waals surface area (Å²) >= 11 is 3.20. The largest absolute Gasteiger partial charge is 0.457 e. The average Bonchev–Trinajstić information content (AvgIpc) is 2.95. The molecule has 1 aromatic heterocycles. The zero-order chi connectivity index (χ0) is 14.8. The van der Waals surface area contributed by atoms with E-state index < -0.39 is 9.84 Å². The lowest BCUT2D eigenvalue weighted by Gasteiger charge is -2.28. The van der Waals surface area contributed by atoms with Gasteiger partial charge in [-0.2, -0.15) is 0 Å². The first-order chi connectivity index (χ1) is 9.44. The lowest BCUT2D eigenvalue weighted by Crippen LogP contribution is -2.41. The van der Waals surface area contributed by atoms with Crippen LogP contribution in [0.2, 0.25) is 0 Å². The van der Waals surface area contributed by atoms with Crippen molar-refractivity contribution >= 4 is 31.7 Å². The van der Waals surface area contributed by atoms with Crippen LogP contribution in [0, 0.1) is 0 Å². The van der Waals surface area contributed by atoms with Crippen molar-refractivity contribution in [2.75, 3.05) is 18.1 Å². The molecule has 7 heteroatoms. The van der Waals surface area contributed by atoms with Gasteiger partial charge >= 0.3 is 0 Å². The van der Waals surface area contributed by atoms with Gasteiger partial charge in [-0.15, -0.1) is 0 Å². The van der Waals surface area contributed by atoms with Gasteiger partial charge in [-0.25, -0.2) is 8.42 Å². The molecule has 1 atom stereocenters. The summed E-state index contributed by atoms with van der Waals surface area (Å²) in [4.78, 5) is 14.3. The van der Waals surface area contributed by atoms with Gasteiger partial charge in [0.1, 0.15) is 0 Å². The molecule has 1 fully saturated rings. The smallest absolute Gasteiger partial charge is 0.258 e. The number of hydrogen-bond acceptors (Lipinski definition) is 4. The third-order valence-electron chi connectivity index (χ3n) is 3.51. The second-order valence-electron chi connectivity index (χ2n) is 5.02. The number of nitrogens with zero attached hydrogens (tertiary/aromatic N) is 1. The minimum Gasteiger partial charge on any atom is -0.457 e. The molecule has 2 heterocycles. The van der Waals surface area contributed by atoms with Crippen molar-refractivity contribution in [3.8, 4) is 0 Å². The maximum absolute atomic E-state index is 12.6. The monoisotopic (exact) mass is 363 g/mol. The number of unbranched alkanes of at least 4 members (excludes halogenated alkanes) is 1. The molecule has 1 aromatic rings. The fraction of sp³-hybridized carbons (Fsp3) is 0.615. The van der Waals surface area contributed by atoms with Crippen molar-refractivity contribution in [1.29, 1.82) is 0 Å². The third-order valence-corrected chi connectivity index (χ3v) is 5.88. The SMILES string of the molecule is CCCCN(C(=O)c1ccoc1Br)C1CCS(=O)(=O)C1. The van der Waals surface area contributed by atoms with E-state index in [0.29, 0.717) is 23.2 Å². The lowest BCUT2D eigenvalue weighted by molar-refractivity contribution is 0.0692. The molecule has 0 N–H and O–H groups in total. The Bertz CT molecular complexity index is 581. The highest BCUT2D eigenvalue weighted by Gasteiger charge is 2.35. The Hall–Kier alpha value is -0.820. The van der Waals surface area contributed by atoms with Crippen LogP contribution in [0.25, 0.3) is 0 Å². The second-order valence-corrected chi connectivity index (χ2v) is 7.97. The first-order valence-corrected chi connectivity index (χ1v) is 9.30. The third kappa shape index (κ3) is 3.44. The Kier molecular flexibility index (Phi) is 4.90. The molecule has 1 amide bonds. The topological polar surface area (TPSA) is 67.6 Å². The quantitative estimate of drug-likeness (QED) is 0.805. The van der Waals surface area contributed by atoms with Crippen molar-refractivity contribution < 1.29 is 17.6 Å². The average molecular weight is 364 g/mol. The molecule has 5 nitrogen and oxygen atoms in total. The van der Waals surface area contributed by atoms with Crippen LogP contribution in [0.1, 0.15) is 36.5 Å². The lowest BCUT2D eigenvalue weighted by atomic mass is 10.1. The minimum absolute atomic E-state index is 0.0674. The zero-order valence-electron chi connectivity index (χ0n) is 11.3. The van der Waals surface area contributed by atoms with E-state index in [1.54, 1.807) is 11.0 Å². The Balaban J connectivity index is 2.20. The Labute approximate surface area is 127 Å². The first kappa shape index (κ1) is 15.6. The maximum atomic E-state index is 12.6. The molecule has 20 heavy (non-hydrogen) atoms. The summed E-state index contributed by atoms with van der Waals surface area (Å²) in [6.45, 7) is 2.62. The van der Waals surface area contributed by atoms with Crippen LogP contribution >= 0.6 is 15.9 Å². The van der Waals surface area contributed by atoms with Gasteiger partial charge < -0.3 is 9.32 Å². The minimum atomic E-state index is -3.01. The predicted molar refractivity (Wildman–Crippen MR) is 79.4 cm³/mol. The molecule has 1 aliphatic heterocycles. The van der Waals surface area contributed by atoms with E-state index in [1.807, 2.05) is 6.92 Å². The molecule has 112 valence electrons. The Morgan fingerprint density at radius 3 is 2.80 bits per heavy atom. The summed E-state index contributed by atoms with van der Waals surface area (Å²) in [6.07, 6.45) is 3.78. The molecule has 1 unspecified atom stereocenters. The fourth-order valence-electron chi connectivity index (χ4n) is 2.40. The number of halogens is 1. The highest BCUT2D eigenvalue weighted by molar-refractivity contribution is 9.10. The van der Waals surface area contributed by atoms with Crippen LogP contribution in [0.5, 0.6) is 0 Å². The van der Waals surface area contributed by atoms with Crippen LogP contribution in [-0.2, 0) is 9.84 Å². The first-order valence-electron chi connectivity index (χ1n) is 6.69. The summed E-state index contributed by atoms with van der Waals surface area (Å²) in [7, 11) is -3.01. The van der Waals surface area contributed by atoms with Crippen molar-refractivity contribution in [1.82, 2.24) is 4.90 Å². The number of rotatable bonds is 5. The van der Waals surface area contributed by atoms with E-state index in [4.69, 9.17) is 4.42 Å². The molecule has 0 radical (unpaired) electrons. The van der Waals surface area contributed by atoms with E-state index in [0.717, 1.165) is 12.8 Å². The fourth-order valence-corrected chi connectivity index (χ4v) is 4.54. The van der Waals surface area contributed by atoms with E-state index in [9.17, 15) is 13.2 Å². The van der Waals surface area contributed by atoms with Gasteiger partial charge in [-0.3, -0.25) is 4.79 Å². The Morgan fingerprint density at radius 2 is 2.30 bits per heavy atom. The predicted octanol–water partition coefficient (Wildman–Crippen LogP) is 2.47. The van der Waals surface area contributed by atoms with Crippen LogP contribution in [0.15, 0.2) is 21.4 Å². The summed E-state index contributed by atoms with van der Waals surface area (Å²) in [6, 6.07) is 1.38. The van der Waals surface area contributed by atoms with Crippen LogP contribution in [0.3, 0.4) is 0 Å². The van der Waals surface area contributed by atoms with Gasteiger partial charge in [0, 0.05) is 12.6 Å². The van der Waals surface area contributed by atoms with Crippen molar-refractivity contribution in [2.45, 2.75) is 32.2 Å². The number of furan rings is 1. The molecule has 0 saturated carbocycles. The van der Waals surface area contributed by atoms with Crippen molar-refractivity contribution in [3.63, 3.8) is 0 Å². The number of sulfone groups is 1. The van der Waals surface area contributed by atoms with E-state index in [1.165, 1.54) is 6.26 Å². The molecule has 1 aliphatic rings. The molecule has 2 rings (SSSR count). The van der Waals surface area contributed by atoms with Gasteiger partial charge in [0.2, 0.25) is 0 Å². The van der Waals surface area contributed by atoms with Gasteiger partial charge in [-0.05, 0) is 34.8 Å². The molecule has 0 bridgehead atoms. The zero-order valence-corrected chi connectivity index (χ0v) is 13.7.